The summed E-state index contributed by atoms with van der Waals surface area (Å²) in [5.74, 6) is 1.71. The fraction of sp³-hybridized carbons (Fsp3) is 0.296. The molecule has 4 aromatic rings. The summed E-state index contributed by atoms with van der Waals surface area (Å²) in [6.45, 7) is 1.26. The third kappa shape index (κ3) is 3.40. The quantitative estimate of drug-likeness (QED) is 0.421. The zero-order valence-electron chi connectivity index (χ0n) is 19.4. The van der Waals surface area contributed by atoms with Gasteiger partial charge in [-0.25, -0.2) is 8.78 Å². The minimum Gasteiger partial charge on any atom is -0.508 e. The average molecular weight is 488 g/mol. The van der Waals surface area contributed by atoms with Crippen molar-refractivity contribution in [2.24, 2.45) is 11.8 Å². The molecule has 0 amide bonds. The van der Waals surface area contributed by atoms with Crippen LogP contribution in [0.2, 0.25) is 0 Å². The number of anilines is 1. The average Bonchev–Trinajstić information content (AvgIpc) is 3.13. The molecule has 2 N–H and O–H groups in total. The summed E-state index contributed by atoms with van der Waals surface area (Å²) in [5.41, 5.74) is -0.0518. The van der Waals surface area contributed by atoms with E-state index in [0.717, 1.165) is 12.8 Å². The highest BCUT2D eigenvalue weighted by Gasteiger charge is 2.40. The lowest BCUT2D eigenvalue weighted by molar-refractivity contribution is 0.137. The van der Waals surface area contributed by atoms with Crippen LogP contribution < -0.4 is 9.64 Å². The van der Waals surface area contributed by atoms with Crippen molar-refractivity contribution >= 4 is 27.5 Å². The maximum atomic E-state index is 16.1. The Morgan fingerprint density at radius 1 is 1.17 bits per heavy atom. The molecule has 6 rings (SSSR count). The van der Waals surface area contributed by atoms with Crippen LogP contribution in [0.3, 0.4) is 0 Å². The monoisotopic (exact) mass is 488 g/mol. The topological polar surface area (TPSA) is 91.6 Å². The van der Waals surface area contributed by atoms with Gasteiger partial charge in [0.05, 0.1) is 24.2 Å². The molecule has 9 heteroatoms. The van der Waals surface area contributed by atoms with Crippen molar-refractivity contribution in [2.75, 3.05) is 25.1 Å². The SMILES string of the molecule is C#Cc1c(F)ccc2cc(O)cc(-c3ncc4c(N5CC6CC(O)C(C6)C5)nc(OC)nc4c3F)c12. The Labute approximate surface area is 205 Å². The lowest BCUT2D eigenvalue weighted by Gasteiger charge is -2.33. The summed E-state index contributed by atoms with van der Waals surface area (Å²) >= 11 is 0. The first-order valence-corrected chi connectivity index (χ1v) is 11.6. The number of terminal acetylenes is 1. The number of phenols is 1. The van der Waals surface area contributed by atoms with Crippen LogP contribution in [0, 0.1) is 35.8 Å². The van der Waals surface area contributed by atoms with Crippen molar-refractivity contribution in [3.63, 3.8) is 0 Å². The van der Waals surface area contributed by atoms with Gasteiger partial charge in [0.1, 0.15) is 28.6 Å². The molecule has 2 aromatic carbocycles. The molecule has 36 heavy (non-hydrogen) atoms. The van der Waals surface area contributed by atoms with Crippen LogP contribution in [0.4, 0.5) is 14.6 Å². The van der Waals surface area contributed by atoms with Gasteiger partial charge in [0, 0.05) is 36.2 Å². The number of ether oxygens (including phenoxy) is 1. The van der Waals surface area contributed by atoms with Crippen LogP contribution in [0.5, 0.6) is 11.8 Å². The summed E-state index contributed by atoms with van der Waals surface area (Å²) in [6, 6.07) is 5.40. The summed E-state index contributed by atoms with van der Waals surface area (Å²) in [7, 11) is 1.40. The predicted molar refractivity (Wildman–Crippen MR) is 131 cm³/mol. The molecule has 182 valence electrons. The van der Waals surface area contributed by atoms with E-state index < -0.39 is 11.6 Å². The highest BCUT2D eigenvalue weighted by atomic mass is 19.1. The fourth-order valence-corrected chi connectivity index (χ4v) is 5.70. The molecule has 3 atom stereocenters. The summed E-state index contributed by atoms with van der Waals surface area (Å²) in [6.07, 6.45) is 8.38. The molecule has 2 bridgehead atoms. The van der Waals surface area contributed by atoms with Gasteiger partial charge in [0.15, 0.2) is 5.82 Å². The number of pyridine rings is 1. The smallest absolute Gasteiger partial charge is 0.318 e. The van der Waals surface area contributed by atoms with E-state index in [9.17, 15) is 14.6 Å². The number of aromatic nitrogens is 3. The number of aliphatic hydroxyl groups excluding tert-OH is 1. The van der Waals surface area contributed by atoms with Crippen LogP contribution in [-0.2, 0) is 0 Å². The highest BCUT2D eigenvalue weighted by Crippen LogP contribution is 2.42. The van der Waals surface area contributed by atoms with E-state index >= 15 is 4.39 Å². The van der Waals surface area contributed by atoms with E-state index in [4.69, 9.17) is 11.2 Å². The number of phenolic OH excluding ortho intramolecular Hbond substituents is 1. The molecule has 0 radical (unpaired) electrons. The Balaban J connectivity index is 1.58. The predicted octanol–water partition coefficient (Wildman–Crippen LogP) is 4.03. The first-order chi connectivity index (χ1) is 17.4. The molecule has 1 aliphatic heterocycles. The minimum atomic E-state index is -0.770. The number of fused-ring (bicyclic) bond motifs is 4. The van der Waals surface area contributed by atoms with E-state index in [1.54, 1.807) is 0 Å². The molecule has 1 saturated heterocycles. The van der Waals surface area contributed by atoms with Gasteiger partial charge in [-0.05, 0) is 42.3 Å². The zero-order valence-corrected chi connectivity index (χ0v) is 19.4. The van der Waals surface area contributed by atoms with Crippen LogP contribution in [0.1, 0.15) is 18.4 Å². The van der Waals surface area contributed by atoms with Gasteiger partial charge < -0.3 is 19.8 Å². The third-order valence-corrected chi connectivity index (χ3v) is 7.27. The second-order valence-electron chi connectivity index (χ2n) is 9.44. The standard InChI is InChI=1S/C27H22F2N4O3/c1-3-17-20(28)5-4-14-8-16(34)9-18(22(14)17)24-23(29)25-19(10-30-24)26(32-27(31-25)36-2)33-11-13-6-15(12-33)21(35)7-13/h1,4-5,8-10,13,15,21,34-35H,6-7,11-12H2,2H3. The zero-order chi connectivity index (χ0) is 25.1. The van der Waals surface area contributed by atoms with E-state index in [-0.39, 0.29) is 51.5 Å². The number of rotatable bonds is 3. The molecule has 3 heterocycles. The van der Waals surface area contributed by atoms with Gasteiger partial charge in [-0.1, -0.05) is 12.0 Å². The number of aliphatic hydroxyl groups is 1. The Kier molecular flexibility index (Phi) is 5.16. The molecule has 7 nitrogen and oxygen atoms in total. The number of halogens is 2. The van der Waals surface area contributed by atoms with Crippen molar-refractivity contribution in [3.05, 3.63) is 47.7 Å². The number of nitrogens with zero attached hydrogens (tertiary/aromatic N) is 4. The lowest BCUT2D eigenvalue weighted by atomic mass is 9.95. The number of piperidine rings is 1. The van der Waals surface area contributed by atoms with Gasteiger partial charge >= 0.3 is 6.01 Å². The molecular weight excluding hydrogens is 466 g/mol. The van der Waals surface area contributed by atoms with Gasteiger partial charge in [0.25, 0.3) is 0 Å². The second kappa shape index (κ2) is 8.28. The van der Waals surface area contributed by atoms with Crippen molar-refractivity contribution in [2.45, 2.75) is 18.9 Å². The molecule has 2 aliphatic rings. The van der Waals surface area contributed by atoms with Crippen LogP contribution >= 0.6 is 0 Å². The van der Waals surface area contributed by atoms with E-state index in [1.165, 1.54) is 37.6 Å². The van der Waals surface area contributed by atoms with Gasteiger partial charge in [-0.2, -0.15) is 9.97 Å². The Morgan fingerprint density at radius 2 is 2.00 bits per heavy atom. The number of hydrogen-bond acceptors (Lipinski definition) is 7. The van der Waals surface area contributed by atoms with Crippen LogP contribution in [-0.4, -0.2) is 51.5 Å². The van der Waals surface area contributed by atoms with Crippen molar-refractivity contribution in [1.82, 2.24) is 15.0 Å². The molecule has 1 saturated carbocycles. The van der Waals surface area contributed by atoms with Crippen molar-refractivity contribution in [1.29, 1.82) is 0 Å². The highest BCUT2D eigenvalue weighted by molar-refractivity contribution is 6.03. The van der Waals surface area contributed by atoms with Gasteiger partial charge in [0.2, 0.25) is 0 Å². The first kappa shape index (κ1) is 22.4. The van der Waals surface area contributed by atoms with E-state index in [0.29, 0.717) is 35.6 Å². The Hall–Kier alpha value is -4.03. The maximum Gasteiger partial charge on any atom is 0.318 e. The largest absolute Gasteiger partial charge is 0.508 e. The summed E-state index contributed by atoms with van der Waals surface area (Å²) < 4.78 is 36.0. The van der Waals surface area contributed by atoms with Gasteiger partial charge in [-0.15, -0.1) is 6.42 Å². The maximum absolute atomic E-state index is 16.1. The molecule has 1 aliphatic carbocycles. The van der Waals surface area contributed by atoms with Crippen molar-refractivity contribution in [3.8, 4) is 35.4 Å². The Bertz CT molecular complexity index is 1580. The third-order valence-electron chi connectivity index (χ3n) is 7.27. The first-order valence-electron chi connectivity index (χ1n) is 11.6. The molecule has 2 aromatic heterocycles. The minimum absolute atomic E-state index is 0.0110. The van der Waals surface area contributed by atoms with E-state index in [2.05, 4.69) is 20.9 Å². The molecule has 0 spiro atoms. The van der Waals surface area contributed by atoms with Crippen LogP contribution in [0.15, 0.2) is 30.5 Å². The number of methoxy groups -OCH3 is 1. The number of benzene rings is 2. The summed E-state index contributed by atoms with van der Waals surface area (Å²) in [5, 5.41) is 21.8. The Morgan fingerprint density at radius 3 is 2.75 bits per heavy atom. The lowest BCUT2D eigenvalue weighted by Crippen LogP contribution is -2.38. The second-order valence-corrected chi connectivity index (χ2v) is 9.44. The number of aromatic hydroxyl groups is 1. The van der Waals surface area contributed by atoms with E-state index in [1.807, 2.05) is 4.90 Å². The van der Waals surface area contributed by atoms with Crippen LogP contribution in [0.25, 0.3) is 32.9 Å². The normalized spacial score (nSPS) is 21.2. The molecular formula is C27H22F2N4O3. The summed E-state index contributed by atoms with van der Waals surface area (Å²) in [4.78, 5) is 15.2. The molecule has 3 unspecified atom stereocenters. The number of hydrogen-bond donors (Lipinski definition) is 2. The van der Waals surface area contributed by atoms with Crippen molar-refractivity contribution < 1.29 is 23.7 Å². The fourth-order valence-electron chi connectivity index (χ4n) is 5.70. The van der Waals surface area contributed by atoms with Gasteiger partial charge in [-0.3, -0.25) is 4.98 Å². The molecule has 2 fully saturated rings.